The zero-order chi connectivity index (χ0) is 21.5. The lowest BCUT2D eigenvalue weighted by Gasteiger charge is -2.32. The van der Waals surface area contributed by atoms with Crippen LogP contribution in [0.2, 0.25) is 15.1 Å². The Labute approximate surface area is 187 Å². The molecular formula is C22H25Cl3N2O2. The minimum atomic E-state index is -1.96. The van der Waals surface area contributed by atoms with Gasteiger partial charge in [0, 0.05) is 46.3 Å². The molecule has 0 aliphatic carbocycles. The number of halogens is 3. The summed E-state index contributed by atoms with van der Waals surface area (Å²) in [4.78, 5) is 17.4. The maximum Gasteiger partial charge on any atom is 0.268 e. The van der Waals surface area contributed by atoms with Gasteiger partial charge in [0.15, 0.2) is 5.60 Å². The smallest absolute Gasteiger partial charge is 0.268 e. The van der Waals surface area contributed by atoms with Crippen molar-refractivity contribution in [2.75, 3.05) is 18.0 Å². The molecule has 7 heteroatoms. The molecule has 0 bridgehead atoms. The van der Waals surface area contributed by atoms with Gasteiger partial charge in [0.1, 0.15) is 0 Å². The van der Waals surface area contributed by atoms with Crippen molar-refractivity contribution in [3.8, 4) is 0 Å². The molecule has 2 aromatic rings. The van der Waals surface area contributed by atoms with Crippen LogP contribution in [0.3, 0.4) is 0 Å². The molecule has 3 rings (SSSR count). The number of nitrogens with zero attached hydrogens (tertiary/aromatic N) is 2. The number of aliphatic hydroxyl groups is 1. The molecule has 0 saturated heterocycles. The Morgan fingerprint density at radius 3 is 2.24 bits per heavy atom. The zero-order valence-electron chi connectivity index (χ0n) is 16.9. The highest BCUT2D eigenvalue weighted by molar-refractivity contribution is 6.37. The quantitative estimate of drug-likeness (QED) is 0.638. The van der Waals surface area contributed by atoms with Gasteiger partial charge in [-0.3, -0.25) is 9.69 Å². The fourth-order valence-corrected chi connectivity index (χ4v) is 4.99. The normalized spacial score (nSPS) is 19.0. The summed E-state index contributed by atoms with van der Waals surface area (Å²) < 4.78 is 0. The Kier molecular flexibility index (Phi) is 6.52. The molecule has 0 radical (unpaired) electrons. The molecule has 1 heterocycles. The number of rotatable bonds is 6. The lowest BCUT2D eigenvalue weighted by molar-refractivity contribution is -0.132. The van der Waals surface area contributed by atoms with Crippen LogP contribution in [-0.2, 0) is 10.4 Å². The Morgan fingerprint density at radius 1 is 1.03 bits per heavy atom. The number of hydrogen-bond acceptors (Lipinski definition) is 3. The van der Waals surface area contributed by atoms with E-state index in [1.54, 1.807) is 35.2 Å². The number of benzene rings is 2. The molecule has 29 heavy (non-hydrogen) atoms. The van der Waals surface area contributed by atoms with Gasteiger partial charge in [0.05, 0.1) is 10.7 Å². The number of fused-ring (bicyclic) bond motifs is 1. The number of anilines is 1. The standard InChI is InChI=1S/C22H25Cl3N2O2/c1-13(2)26(14(3)4)9-10-27-19-12-15(23)11-18(25)20(19)22(29,21(27)28)16-7-5-6-8-17(16)24/h5-8,11-14,29H,9-10H2,1-4H3. The molecule has 1 atom stereocenters. The Bertz CT molecular complexity index is 924. The van der Waals surface area contributed by atoms with Crippen molar-refractivity contribution in [1.29, 1.82) is 0 Å². The van der Waals surface area contributed by atoms with Crippen LogP contribution in [0.5, 0.6) is 0 Å². The van der Waals surface area contributed by atoms with Crippen molar-refractivity contribution < 1.29 is 9.90 Å². The van der Waals surface area contributed by atoms with Gasteiger partial charge in [-0.1, -0.05) is 53.0 Å². The molecule has 0 fully saturated rings. The van der Waals surface area contributed by atoms with E-state index in [4.69, 9.17) is 34.8 Å². The summed E-state index contributed by atoms with van der Waals surface area (Å²) in [6, 6.07) is 10.6. The lowest BCUT2D eigenvalue weighted by atomic mass is 9.87. The van der Waals surface area contributed by atoms with Crippen molar-refractivity contribution in [3.05, 3.63) is 62.6 Å². The van der Waals surface area contributed by atoms with Gasteiger partial charge in [-0.2, -0.15) is 0 Å². The van der Waals surface area contributed by atoms with E-state index in [2.05, 4.69) is 32.6 Å². The Hall–Kier alpha value is -1.30. The third-order valence-corrected chi connectivity index (χ3v) is 6.26. The second-order valence-corrected chi connectivity index (χ2v) is 9.10. The van der Waals surface area contributed by atoms with Crippen LogP contribution in [0.4, 0.5) is 5.69 Å². The molecule has 4 nitrogen and oxygen atoms in total. The molecule has 0 saturated carbocycles. The van der Waals surface area contributed by atoms with Gasteiger partial charge in [-0.15, -0.1) is 0 Å². The Morgan fingerprint density at radius 2 is 1.66 bits per heavy atom. The van der Waals surface area contributed by atoms with E-state index >= 15 is 0 Å². The molecule has 1 amide bonds. The highest BCUT2D eigenvalue weighted by Crippen LogP contribution is 2.50. The summed E-state index contributed by atoms with van der Waals surface area (Å²) >= 11 is 19.1. The highest BCUT2D eigenvalue weighted by Gasteiger charge is 2.53. The van der Waals surface area contributed by atoms with Crippen molar-refractivity contribution in [2.24, 2.45) is 0 Å². The van der Waals surface area contributed by atoms with Gasteiger partial charge in [-0.25, -0.2) is 0 Å². The first-order valence-electron chi connectivity index (χ1n) is 9.63. The van der Waals surface area contributed by atoms with Crippen LogP contribution in [-0.4, -0.2) is 41.1 Å². The van der Waals surface area contributed by atoms with Crippen LogP contribution in [0.1, 0.15) is 38.8 Å². The van der Waals surface area contributed by atoms with E-state index in [1.807, 2.05) is 0 Å². The molecule has 156 valence electrons. The summed E-state index contributed by atoms with van der Waals surface area (Å²) in [5.74, 6) is -0.475. The summed E-state index contributed by atoms with van der Waals surface area (Å²) in [6.07, 6.45) is 0. The average Bonchev–Trinajstić information content (AvgIpc) is 2.83. The molecule has 1 unspecified atom stereocenters. The predicted molar refractivity (Wildman–Crippen MR) is 120 cm³/mol. The number of amides is 1. The first-order chi connectivity index (χ1) is 13.6. The summed E-state index contributed by atoms with van der Waals surface area (Å²) in [5, 5.41) is 12.6. The van der Waals surface area contributed by atoms with Crippen LogP contribution in [0.15, 0.2) is 36.4 Å². The third kappa shape index (κ3) is 3.89. The molecule has 1 aliphatic rings. The van der Waals surface area contributed by atoms with Gasteiger partial charge in [0.2, 0.25) is 0 Å². The van der Waals surface area contributed by atoms with Crippen molar-refractivity contribution in [1.82, 2.24) is 4.90 Å². The van der Waals surface area contributed by atoms with E-state index in [0.29, 0.717) is 52.0 Å². The number of hydrogen-bond donors (Lipinski definition) is 1. The average molecular weight is 456 g/mol. The molecule has 1 aliphatic heterocycles. The van der Waals surface area contributed by atoms with Crippen LogP contribution in [0, 0.1) is 0 Å². The van der Waals surface area contributed by atoms with Crippen LogP contribution in [0.25, 0.3) is 0 Å². The zero-order valence-corrected chi connectivity index (χ0v) is 19.2. The maximum absolute atomic E-state index is 13.5. The first kappa shape index (κ1) is 22.4. The largest absolute Gasteiger partial charge is 0.372 e. The van der Waals surface area contributed by atoms with E-state index < -0.39 is 11.5 Å². The fraction of sp³-hybridized carbons (Fsp3) is 0.409. The topological polar surface area (TPSA) is 43.8 Å². The second kappa shape index (κ2) is 8.44. The minimum Gasteiger partial charge on any atom is -0.372 e. The second-order valence-electron chi connectivity index (χ2n) is 7.85. The van der Waals surface area contributed by atoms with Crippen molar-refractivity contribution >= 4 is 46.4 Å². The van der Waals surface area contributed by atoms with Gasteiger partial charge in [-0.05, 0) is 45.9 Å². The molecule has 2 aromatic carbocycles. The fourth-order valence-electron chi connectivity index (χ4n) is 4.10. The number of carbonyl (C=O) groups is 1. The molecule has 0 spiro atoms. The summed E-state index contributed by atoms with van der Waals surface area (Å²) in [7, 11) is 0. The van der Waals surface area contributed by atoms with Crippen molar-refractivity contribution in [2.45, 2.75) is 45.4 Å². The van der Waals surface area contributed by atoms with Gasteiger partial charge < -0.3 is 10.0 Å². The van der Waals surface area contributed by atoms with E-state index in [9.17, 15) is 9.90 Å². The van der Waals surface area contributed by atoms with Crippen molar-refractivity contribution in [3.63, 3.8) is 0 Å². The minimum absolute atomic E-state index is 0.232. The number of carbonyl (C=O) groups excluding carboxylic acids is 1. The lowest BCUT2D eigenvalue weighted by Crippen LogP contribution is -2.46. The van der Waals surface area contributed by atoms with E-state index in [0.717, 1.165) is 0 Å². The van der Waals surface area contributed by atoms with E-state index in [1.165, 1.54) is 6.07 Å². The molecule has 1 N–H and O–H groups in total. The third-order valence-electron chi connectivity index (χ3n) is 5.41. The van der Waals surface area contributed by atoms with E-state index in [-0.39, 0.29) is 5.02 Å². The predicted octanol–water partition coefficient (Wildman–Crippen LogP) is 5.35. The van der Waals surface area contributed by atoms with Gasteiger partial charge in [0.25, 0.3) is 5.91 Å². The summed E-state index contributed by atoms with van der Waals surface area (Å²) in [6.45, 7) is 9.51. The molecular weight excluding hydrogens is 431 g/mol. The van der Waals surface area contributed by atoms with Crippen LogP contribution >= 0.6 is 34.8 Å². The van der Waals surface area contributed by atoms with Gasteiger partial charge >= 0.3 is 0 Å². The Balaban J connectivity index is 2.10. The first-order valence-corrected chi connectivity index (χ1v) is 10.8. The molecule has 0 aromatic heterocycles. The monoisotopic (exact) mass is 454 g/mol. The summed E-state index contributed by atoms with van der Waals surface area (Å²) in [5.41, 5.74) is -0.815. The highest BCUT2D eigenvalue weighted by atomic mass is 35.5. The SMILES string of the molecule is CC(C)N(CCN1C(=O)C(O)(c2ccccc2Cl)c2c(Cl)cc(Cl)cc21)C(C)C. The van der Waals surface area contributed by atoms with Crippen LogP contribution < -0.4 is 4.90 Å². The maximum atomic E-state index is 13.5.